The van der Waals surface area contributed by atoms with Crippen molar-refractivity contribution in [2.75, 3.05) is 16.7 Å². The molecule has 1 saturated carbocycles. The molecule has 1 fully saturated rings. The van der Waals surface area contributed by atoms with Crippen LogP contribution in [-0.4, -0.2) is 16.9 Å². The fourth-order valence-electron chi connectivity index (χ4n) is 3.43. The Balaban J connectivity index is 0.00000145. The number of halogens is 1. The van der Waals surface area contributed by atoms with Crippen LogP contribution in [-0.2, 0) is 7.05 Å². The van der Waals surface area contributed by atoms with E-state index in [4.69, 9.17) is 0 Å². The highest BCUT2D eigenvalue weighted by Gasteiger charge is 2.22. The zero-order valence-electron chi connectivity index (χ0n) is 18.3. The fourth-order valence-corrected chi connectivity index (χ4v) is 6.88. The zero-order valence-corrected chi connectivity index (χ0v) is 20.0. The monoisotopic (exact) mass is 437 g/mol. The van der Waals surface area contributed by atoms with Crippen LogP contribution in [0.2, 0.25) is 0 Å². The molecule has 1 atom stereocenters. The number of rotatable bonds is 6. The molecule has 29 heavy (non-hydrogen) atoms. The molecule has 1 aromatic heterocycles. The normalized spacial score (nSPS) is 14.9. The van der Waals surface area contributed by atoms with E-state index in [2.05, 4.69) is 16.7 Å². The van der Waals surface area contributed by atoms with E-state index in [-0.39, 0.29) is 18.5 Å². The lowest BCUT2D eigenvalue weighted by atomic mass is 10.2. The highest BCUT2D eigenvalue weighted by molar-refractivity contribution is 8.56. The standard InChI is InChI=1S/C20H27FN3OPS.C2H6/c1-13-9-10-17(16(21)11-13)22-19-18(12-14(2)20(25)24(19)3)23-27-26(4)15-7-5-6-8-15;1-2/h9-12,15,22-23H,5-8H2,1-4H3;1-2H3. The van der Waals surface area contributed by atoms with Gasteiger partial charge in [-0.1, -0.05) is 32.8 Å². The third kappa shape index (κ3) is 5.99. The summed E-state index contributed by atoms with van der Waals surface area (Å²) >= 11 is 1.75. The van der Waals surface area contributed by atoms with Crippen LogP contribution in [0.1, 0.15) is 50.7 Å². The van der Waals surface area contributed by atoms with Crippen molar-refractivity contribution in [3.8, 4) is 0 Å². The van der Waals surface area contributed by atoms with Gasteiger partial charge >= 0.3 is 0 Å². The second kappa shape index (κ2) is 11.0. The molecule has 2 N–H and O–H groups in total. The molecule has 0 spiro atoms. The van der Waals surface area contributed by atoms with E-state index in [1.807, 2.05) is 32.9 Å². The molecule has 1 aromatic carbocycles. The number of nitrogens with zero attached hydrogens (tertiary/aromatic N) is 1. The van der Waals surface area contributed by atoms with Gasteiger partial charge in [0.05, 0.1) is 11.4 Å². The van der Waals surface area contributed by atoms with E-state index in [0.29, 0.717) is 17.1 Å². The summed E-state index contributed by atoms with van der Waals surface area (Å²) < 4.78 is 19.3. The Labute approximate surface area is 179 Å². The SMILES string of the molecule is CC.Cc1ccc(Nc2c(NSP(C)C3CCCC3)cc(C)c(=O)n2C)c(F)c1. The molecule has 1 unspecified atom stereocenters. The second-order valence-electron chi connectivity index (χ2n) is 7.24. The van der Waals surface area contributed by atoms with E-state index in [9.17, 15) is 9.18 Å². The maximum Gasteiger partial charge on any atom is 0.254 e. The van der Waals surface area contributed by atoms with Crippen molar-refractivity contribution in [2.24, 2.45) is 7.05 Å². The minimum Gasteiger partial charge on any atom is -0.337 e. The Hall–Kier alpha value is -1.52. The third-order valence-corrected chi connectivity index (χ3v) is 9.29. The topological polar surface area (TPSA) is 46.1 Å². The lowest BCUT2D eigenvalue weighted by molar-refractivity contribution is 0.630. The molecule has 3 rings (SSSR count). The molecule has 0 amide bonds. The number of hydrogen-bond acceptors (Lipinski definition) is 4. The smallest absolute Gasteiger partial charge is 0.254 e. The number of anilines is 3. The van der Waals surface area contributed by atoms with Gasteiger partial charge in [-0.05, 0) is 81.5 Å². The lowest BCUT2D eigenvalue weighted by Crippen LogP contribution is -2.22. The van der Waals surface area contributed by atoms with Crippen molar-refractivity contribution in [3.05, 3.63) is 51.6 Å². The number of nitrogens with one attached hydrogen (secondary N) is 2. The molecular formula is C22H33FN3OPS. The highest BCUT2D eigenvalue weighted by atomic mass is 32.7. The van der Waals surface area contributed by atoms with E-state index in [0.717, 1.165) is 16.9 Å². The van der Waals surface area contributed by atoms with Crippen LogP contribution in [0.25, 0.3) is 0 Å². The van der Waals surface area contributed by atoms with E-state index in [1.165, 1.54) is 31.7 Å². The average molecular weight is 438 g/mol. The molecule has 1 aliphatic rings. The number of benzene rings is 1. The average Bonchev–Trinajstić information content (AvgIpc) is 3.25. The molecule has 0 saturated heterocycles. The minimum atomic E-state index is -0.328. The molecule has 160 valence electrons. The van der Waals surface area contributed by atoms with Crippen LogP contribution in [0.15, 0.2) is 29.1 Å². The Morgan fingerprint density at radius 2 is 1.79 bits per heavy atom. The first kappa shape index (κ1) is 23.8. The molecule has 1 heterocycles. The van der Waals surface area contributed by atoms with Crippen LogP contribution in [0.3, 0.4) is 0 Å². The summed E-state index contributed by atoms with van der Waals surface area (Å²) in [6.07, 6.45) is 5.28. The van der Waals surface area contributed by atoms with Gasteiger partial charge in [0.1, 0.15) is 11.6 Å². The van der Waals surface area contributed by atoms with E-state index >= 15 is 0 Å². The predicted octanol–water partition coefficient (Wildman–Crippen LogP) is 6.94. The highest BCUT2D eigenvalue weighted by Crippen LogP contribution is 2.55. The molecule has 0 radical (unpaired) electrons. The van der Waals surface area contributed by atoms with Crippen molar-refractivity contribution in [1.82, 2.24) is 4.57 Å². The van der Waals surface area contributed by atoms with Gasteiger partial charge in [0.25, 0.3) is 5.56 Å². The second-order valence-corrected chi connectivity index (χ2v) is 11.7. The quantitative estimate of drug-likeness (QED) is 0.379. The maximum absolute atomic E-state index is 14.3. The molecule has 0 aliphatic heterocycles. The zero-order chi connectivity index (χ0) is 21.6. The summed E-state index contributed by atoms with van der Waals surface area (Å²) in [5.41, 5.74) is 3.40. The Morgan fingerprint density at radius 3 is 2.41 bits per heavy atom. The predicted molar refractivity (Wildman–Crippen MR) is 129 cm³/mol. The number of hydrogen-bond donors (Lipinski definition) is 2. The van der Waals surface area contributed by atoms with E-state index < -0.39 is 0 Å². The number of pyridine rings is 1. The Bertz CT molecular complexity index is 881. The Kier molecular flexibility index (Phi) is 9.04. The van der Waals surface area contributed by atoms with E-state index in [1.54, 1.807) is 36.2 Å². The molecular weight excluding hydrogens is 404 g/mol. The van der Waals surface area contributed by atoms with Crippen molar-refractivity contribution < 1.29 is 4.39 Å². The van der Waals surface area contributed by atoms with Gasteiger partial charge in [-0.2, -0.15) is 0 Å². The van der Waals surface area contributed by atoms with Crippen molar-refractivity contribution in [2.45, 2.75) is 59.0 Å². The summed E-state index contributed by atoms with van der Waals surface area (Å²) in [5, 5.41) is 3.12. The summed E-state index contributed by atoms with van der Waals surface area (Å²) in [6.45, 7) is 9.97. The first-order chi connectivity index (χ1) is 13.9. The van der Waals surface area contributed by atoms with Gasteiger partial charge in [-0.15, -0.1) is 0 Å². The first-order valence-electron chi connectivity index (χ1n) is 10.3. The van der Waals surface area contributed by atoms with Crippen LogP contribution in [0.4, 0.5) is 21.6 Å². The fraction of sp³-hybridized carbons (Fsp3) is 0.500. The first-order valence-corrected chi connectivity index (χ1v) is 13.5. The molecule has 4 nitrogen and oxygen atoms in total. The van der Waals surface area contributed by atoms with Crippen LogP contribution in [0, 0.1) is 19.7 Å². The van der Waals surface area contributed by atoms with Crippen LogP contribution in [0.5, 0.6) is 0 Å². The van der Waals surface area contributed by atoms with Crippen LogP contribution >= 0.6 is 18.7 Å². The number of aryl methyl sites for hydroxylation is 2. The molecule has 0 bridgehead atoms. The molecule has 7 heteroatoms. The van der Waals surface area contributed by atoms with Gasteiger partial charge in [0.15, 0.2) is 0 Å². The summed E-state index contributed by atoms with van der Waals surface area (Å²) in [4.78, 5) is 12.4. The Morgan fingerprint density at radius 1 is 1.14 bits per heavy atom. The van der Waals surface area contributed by atoms with Crippen molar-refractivity contribution >= 4 is 35.9 Å². The molecule has 2 aromatic rings. The van der Waals surface area contributed by atoms with Crippen molar-refractivity contribution in [3.63, 3.8) is 0 Å². The van der Waals surface area contributed by atoms with Gasteiger partial charge in [0, 0.05) is 12.6 Å². The minimum absolute atomic E-state index is 0.0878. The van der Waals surface area contributed by atoms with Crippen LogP contribution < -0.4 is 15.6 Å². The summed E-state index contributed by atoms with van der Waals surface area (Å²) in [5.74, 6) is 0.251. The number of aromatic nitrogens is 1. The van der Waals surface area contributed by atoms with Crippen molar-refractivity contribution in [1.29, 1.82) is 0 Å². The van der Waals surface area contributed by atoms with Gasteiger partial charge in [0.2, 0.25) is 0 Å². The summed E-state index contributed by atoms with van der Waals surface area (Å²) in [7, 11) is 1.52. The third-order valence-electron chi connectivity index (χ3n) is 5.11. The lowest BCUT2D eigenvalue weighted by Gasteiger charge is -2.22. The van der Waals surface area contributed by atoms with Gasteiger partial charge in [-0.3, -0.25) is 9.36 Å². The summed E-state index contributed by atoms with van der Waals surface area (Å²) in [6, 6.07) is 6.89. The molecule has 1 aliphatic carbocycles. The maximum atomic E-state index is 14.3. The van der Waals surface area contributed by atoms with Gasteiger partial charge in [-0.25, -0.2) is 4.39 Å². The largest absolute Gasteiger partial charge is 0.337 e. The van der Waals surface area contributed by atoms with Gasteiger partial charge < -0.3 is 10.0 Å².